The van der Waals surface area contributed by atoms with Crippen LogP contribution in [0.25, 0.3) is 0 Å². The van der Waals surface area contributed by atoms with Crippen LogP contribution < -0.4 is 0 Å². The zero-order chi connectivity index (χ0) is 5.98. The van der Waals surface area contributed by atoms with Gasteiger partial charge in [0.25, 0.3) is 0 Å². The largest absolute Gasteiger partial charge is 0.123 e. The van der Waals surface area contributed by atoms with Gasteiger partial charge < -0.3 is 0 Å². The van der Waals surface area contributed by atoms with Crippen LogP contribution in [0, 0.1) is 0 Å². The van der Waals surface area contributed by atoms with Gasteiger partial charge in [0.2, 0.25) is 0 Å². The molecule has 1 saturated carbocycles. The van der Waals surface area contributed by atoms with Crippen molar-refractivity contribution in [3.05, 3.63) is 16.9 Å². The van der Waals surface area contributed by atoms with Crippen molar-refractivity contribution >= 4 is 0 Å². The summed E-state index contributed by atoms with van der Waals surface area (Å²) >= 11 is 0. The molecule has 0 saturated heterocycles. The molecule has 0 N–H and O–H groups in total. The molecule has 0 unspecified atom stereocenters. The molecule has 0 radical (unpaired) electrons. The van der Waals surface area contributed by atoms with Crippen molar-refractivity contribution in [2.24, 2.45) is 0 Å². The predicted octanol–water partition coefficient (Wildman–Crippen LogP) is 2.66. The van der Waals surface area contributed by atoms with E-state index in [0.717, 1.165) is 0 Å². The predicted molar refractivity (Wildman–Crippen MR) is 35.7 cm³/mol. The molecule has 1 aliphatic carbocycles. The van der Waals surface area contributed by atoms with Crippen molar-refractivity contribution in [3.8, 4) is 0 Å². The van der Waals surface area contributed by atoms with Crippen LogP contribution in [0.2, 0.25) is 0 Å². The summed E-state index contributed by atoms with van der Waals surface area (Å²) in [6, 6.07) is 0. The van der Waals surface area contributed by atoms with Crippen LogP contribution in [-0.4, -0.2) is 0 Å². The van der Waals surface area contributed by atoms with Gasteiger partial charge in [-0.1, -0.05) is 0 Å². The van der Waals surface area contributed by atoms with E-state index in [1.165, 1.54) is 30.4 Å². The SMILES string of the molecule is CC(C)=C=C1CCC1. The highest BCUT2D eigenvalue weighted by atomic mass is 14.1. The summed E-state index contributed by atoms with van der Waals surface area (Å²) in [6.45, 7) is 4.20. The van der Waals surface area contributed by atoms with Crippen LogP contribution in [-0.2, 0) is 0 Å². The fourth-order valence-corrected chi connectivity index (χ4v) is 0.832. The lowest BCUT2D eigenvalue weighted by atomic mass is 9.93. The van der Waals surface area contributed by atoms with Gasteiger partial charge in [-0.15, -0.1) is 5.73 Å². The molecule has 0 atom stereocenters. The Balaban J connectivity index is 2.66. The van der Waals surface area contributed by atoms with Gasteiger partial charge in [-0.3, -0.25) is 0 Å². The smallest absolute Gasteiger partial charge is 0.0241 e. The molecule has 1 fully saturated rings. The normalized spacial score (nSPS) is 17.0. The van der Waals surface area contributed by atoms with Crippen LogP contribution in [0.1, 0.15) is 33.1 Å². The summed E-state index contributed by atoms with van der Waals surface area (Å²) in [5.74, 6) is 0. The number of hydrogen-bond acceptors (Lipinski definition) is 0. The van der Waals surface area contributed by atoms with Crippen LogP contribution in [0.5, 0.6) is 0 Å². The first-order chi connectivity index (χ1) is 3.79. The molecule has 0 aromatic rings. The Labute approximate surface area is 50.9 Å². The first kappa shape index (κ1) is 5.65. The average Bonchev–Trinajstić information content (AvgIpc) is 1.55. The molecule has 1 rings (SSSR count). The molecule has 0 heterocycles. The highest BCUT2D eigenvalue weighted by molar-refractivity contribution is 5.11. The monoisotopic (exact) mass is 108 g/mol. The molecular weight excluding hydrogens is 96.1 g/mol. The Morgan fingerprint density at radius 2 is 2.00 bits per heavy atom. The van der Waals surface area contributed by atoms with E-state index in [9.17, 15) is 0 Å². The number of allylic oxidation sites excluding steroid dienone is 1. The Kier molecular flexibility index (Phi) is 1.55. The van der Waals surface area contributed by atoms with Crippen molar-refractivity contribution in [1.29, 1.82) is 0 Å². The lowest BCUT2D eigenvalue weighted by molar-refractivity contribution is 0.664. The molecule has 0 heteroatoms. The first-order valence-electron chi connectivity index (χ1n) is 3.21. The third kappa shape index (κ3) is 1.24. The Hall–Kier alpha value is -0.480. The summed E-state index contributed by atoms with van der Waals surface area (Å²) in [4.78, 5) is 0. The van der Waals surface area contributed by atoms with E-state index in [1.807, 2.05) is 0 Å². The number of rotatable bonds is 0. The Morgan fingerprint density at radius 1 is 1.38 bits per heavy atom. The second-order valence-corrected chi connectivity index (χ2v) is 2.58. The van der Waals surface area contributed by atoms with E-state index >= 15 is 0 Å². The van der Waals surface area contributed by atoms with E-state index in [1.54, 1.807) is 0 Å². The molecule has 0 aliphatic heterocycles. The molecule has 0 aromatic heterocycles. The van der Waals surface area contributed by atoms with Gasteiger partial charge in [0.15, 0.2) is 0 Å². The molecule has 0 amide bonds. The van der Waals surface area contributed by atoms with Crippen molar-refractivity contribution < 1.29 is 0 Å². The van der Waals surface area contributed by atoms with E-state index in [0.29, 0.717) is 0 Å². The quantitative estimate of drug-likeness (QED) is 0.418. The second-order valence-electron chi connectivity index (χ2n) is 2.58. The maximum absolute atomic E-state index is 3.31. The van der Waals surface area contributed by atoms with Crippen LogP contribution >= 0.6 is 0 Å². The fraction of sp³-hybridized carbons (Fsp3) is 0.625. The topological polar surface area (TPSA) is 0 Å². The van der Waals surface area contributed by atoms with E-state index in [-0.39, 0.29) is 0 Å². The highest BCUT2D eigenvalue weighted by Crippen LogP contribution is 2.23. The summed E-state index contributed by atoms with van der Waals surface area (Å²) < 4.78 is 0. The van der Waals surface area contributed by atoms with Crippen LogP contribution in [0.15, 0.2) is 16.9 Å². The summed E-state index contributed by atoms with van der Waals surface area (Å²) in [7, 11) is 0. The first-order valence-corrected chi connectivity index (χ1v) is 3.21. The number of hydrogen-bond donors (Lipinski definition) is 0. The summed E-state index contributed by atoms with van der Waals surface area (Å²) in [5.41, 5.74) is 6.15. The molecule has 8 heavy (non-hydrogen) atoms. The van der Waals surface area contributed by atoms with Crippen molar-refractivity contribution in [1.82, 2.24) is 0 Å². The van der Waals surface area contributed by atoms with Gasteiger partial charge in [-0.2, -0.15) is 0 Å². The van der Waals surface area contributed by atoms with E-state index in [4.69, 9.17) is 0 Å². The van der Waals surface area contributed by atoms with Gasteiger partial charge in [0, 0.05) is 0 Å². The minimum atomic E-state index is 1.30. The van der Waals surface area contributed by atoms with E-state index in [2.05, 4.69) is 19.6 Å². The van der Waals surface area contributed by atoms with Crippen LogP contribution in [0.4, 0.5) is 0 Å². The average molecular weight is 108 g/mol. The van der Waals surface area contributed by atoms with Gasteiger partial charge in [-0.25, -0.2) is 0 Å². The zero-order valence-corrected chi connectivity index (χ0v) is 5.62. The molecule has 0 spiro atoms. The van der Waals surface area contributed by atoms with Gasteiger partial charge in [0.05, 0.1) is 0 Å². The molecule has 0 bridgehead atoms. The lowest BCUT2D eigenvalue weighted by Gasteiger charge is -2.12. The Morgan fingerprint density at radius 3 is 2.12 bits per heavy atom. The second kappa shape index (κ2) is 2.19. The Bertz CT molecular complexity index is 135. The van der Waals surface area contributed by atoms with Crippen molar-refractivity contribution in [2.75, 3.05) is 0 Å². The molecule has 44 valence electrons. The van der Waals surface area contributed by atoms with Gasteiger partial charge in [0.1, 0.15) is 0 Å². The van der Waals surface area contributed by atoms with Gasteiger partial charge in [-0.05, 0) is 44.3 Å². The molecular formula is C8H12. The minimum absolute atomic E-state index is 1.30. The molecule has 0 nitrogen and oxygen atoms in total. The zero-order valence-electron chi connectivity index (χ0n) is 5.62. The van der Waals surface area contributed by atoms with E-state index < -0.39 is 0 Å². The minimum Gasteiger partial charge on any atom is -0.123 e. The third-order valence-electron chi connectivity index (χ3n) is 1.38. The summed E-state index contributed by atoms with van der Waals surface area (Å²) in [5, 5.41) is 0. The van der Waals surface area contributed by atoms with Crippen LogP contribution in [0.3, 0.4) is 0 Å². The summed E-state index contributed by atoms with van der Waals surface area (Å²) in [6.07, 6.45) is 3.98. The third-order valence-corrected chi connectivity index (χ3v) is 1.38. The fourth-order valence-electron chi connectivity index (χ4n) is 0.832. The maximum atomic E-state index is 3.31. The lowest BCUT2D eigenvalue weighted by Crippen LogP contribution is -1.93. The highest BCUT2D eigenvalue weighted by Gasteiger charge is 2.05. The van der Waals surface area contributed by atoms with Crippen molar-refractivity contribution in [2.45, 2.75) is 33.1 Å². The van der Waals surface area contributed by atoms with Crippen molar-refractivity contribution in [3.63, 3.8) is 0 Å². The standard InChI is InChI=1S/C8H12/c1-7(2)6-8-4-3-5-8/h3-5H2,1-2H3. The molecule has 1 aliphatic rings. The van der Waals surface area contributed by atoms with Gasteiger partial charge >= 0.3 is 0 Å². The maximum Gasteiger partial charge on any atom is -0.0241 e. The molecule has 0 aromatic carbocycles.